The second-order valence-electron chi connectivity index (χ2n) is 5.52. The zero-order valence-electron chi connectivity index (χ0n) is 12.0. The molecule has 1 aromatic heterocycles. The third kappa shape index (κ3) is 3.00. The minimum Gasteiger partial charge on any atom is -0.352 e. The molecule has 114 valence electrons. The molecule has 0 fully saturated rings. The summed E-state index contributed by atoms with van der Waals surface area (Å²) in [6.07, 6.45) is 3.76. The highest BCUT2D eigenvalue weighted by molar-refractivity contribution is 5.79. The summed E-state index contributed by atoms with van der Waals surface area (Å²) in [6, 6.07) is 8.16. The van der Waals surface area contributed by atoms with Crippen molar-refractivity contribution in [1.29, 1.82) is 0 Å². The smallest absolute Gasteiger partial charge is 0.325 e. The molecule has 1 amide bonds. The Kier molecular flexibility index (Phi) is 3.91. The van der Waals surface area contributed by atoms with Gasteiger partial charge >= 0.3 is 5.69 Å². The van der Waals surface area contributed by atoms with E-state index in [0.717, 1.165) is 19.3 Å². The Bertz CT molecular complexity index is 807. The van der Waals surface area contributed by atoms with E-state index in [2.05, 4.69) is 27.4 Å². The van der Waals surface area contributed by atoms with Gasteiger partial charge in [0.05, 0.1) is 5.56 Å². The zero-order chi connectivity index (χ0) is 15.5. The fraction of sp³-hybridized carbons (Fsp3) is 0.312. The highest BCUT2D eigenvalue weighted by Gasteiger charge is 2.24. The van der Waals surface area contributed by atoms with Crippen molar-refractivity contribution in [2.24, 2.45) is 5.92 Å². The normalized spacial score (nSPS) is 16.8. The van der Waals surface area contributed by atoms with Gasteiger partial charge in [-0.25, -0.2) is 4.79 Å². The van der Waals surface area contributed by atoms with Gasteiger partial charge in [0.25, 0.3) is 5.56 Å². The Balaban J connectivity index is 1.63. The summed E-state index contributed by atoms with van der Waals surface area (Å²) in [7, 11) is 0. The standard InChI is InChI=1S/C16H17N3O3/c20-14(17-8-13-9-18-16(22)19-15(13)21)12-6-5-10-3-1-2-4-11(10)7-12/h1-4,9,12H,5-8H2,(H,17,20)(H2,18,19,21,22)/t12-/m1/s1. The molecule has 0 spiro atoms. The van der Waals surface area contributed by atoms with Crippen LogP contribution in [0.4, 0.5) is 0 Å². The summed E-state index contributed by atoms with van der Waals surface area (Å²) >= 11 is 0. The molecule has 3 rings (SSSR count). The number of carbonyl (C=O) groups excluding carboxylic acids is 1. The second-order valence-corrected chi connectivity index (χ2v) is 5.52. The van der Waals surface area contributed by atoms with Crippen molar-refractivity contribution in [3.63, 3.8) is 0 Å². The lowest BCUT2D eigenvalue weighted by molar-refractivity contribution is -0.125. The van der Waals surface area contributed by atoms with Crippen molar-refractivity contribution in [3.8, 4) is 0 Å². The van der Waals surface area contributed by atoms with Gasteiger partial charge in [-0.1, -0.05) is 24.3 Å². The number of H-pyrrole nitrogens is 2. The maximum absolute atomic E-state index is 12.3. The van der Waals surface area contributed by atoms with Gasteiger partial charge in [-0.15, -0.1) is 0 Å². The Labute approximate surface area is 126 Å². The van der Waals surface area contributed by atoms with Crippen molar-refractivity contribution < 1.29 is 4.79 Å². The average Bonchev–Trinajstić information content (AvgIpc) is 2.53. The summed E-state index contributed by atoms with van der Waals surface area (Å²) in [4.78, 5) is 39.3. The van der Waals surface area contributed by atoms with E-state index < -0.39 is 11.2 Å². The van der Waals surface area contributed by atoms with E-state index in [1.807, 2.05) is 12.1 Å². The molecule has 0 saturated carbocycles. The van der Waals surface area contributed by atoms with Gasteiger partial charge in [0, 0.05) is 18.7 Å². The van der Waals surface area contributed by atoms with Gasteiger partial charge in [0.15, 0.2) is 0 Å². The largest absolute Gasteiger partial charge is 0.352 e. The number of carbonyl (C=O) groups is 1. The van der Waals surface area contributed by atoms with Crippen LogP contribution in [-0.2, 0) is 24.2 Å². The fourth-order valence-corrected chi connectivity index (χ4v) is 2.82. The summed E-state index contributed by atoms with van der Waals surface area (Å²) in [5.74, 6) is -0.128. The molecule has 0 unspecified atom stereocenters. The lowest BCUT2D eigenvalue weighted by atomic mass is 9.83. The molecule has 1 aliphatic carbocycles. The van der Waals surface area contributed by atoms with E-state index >= 15 is 0 Å². The van der Waals surface area contributed by atoms with Crippen LogP contribution in [0.3, 0.4) is 0 Å². The van der Waals surface area contributed by atoms with Gasteiger partial charge < -0.3 is 10.3 Å². The molecule has 2 aromatic rings. The van der Waals surface area contributed by atoms with E-state index in [1.165, 1.54) is 17.3 Å². The van der Waals surface area contributed by atoms with Crippen LogP contribution in [0.5, 0.6) is 0 Å². The molecule has 0 bridgehead atoms. The van der Waals surface area contributed by atoms with Crippen LogP contribution < -0.4 is 16.6 Å². The van der Waals surface area contributed by atoms with Crippen LogP contribution in [0, 0.1) is 5.92 Å². The van der Waals surface area contributed by atoms with Crippen LogP contribution in [0.2, 0.25) is 0 Å². The van der Waals surface area contributed by atoms with Crippen molar-refractivity contribution in [2.45, 2.75) is 25.8 Å². The summed E-state index contributed by atoms with van der Waals surface area (Å²) in [5.41, 5.74) is 1.84. The number of nitrogens with one attached hydrogen (secondary N) is 3. The van der Waals surface area contributed by atoms with Gasteiger partial charge in [-0.05, 0) is 30.4 Å². The molecular formula is C16H17N3O3. The van der Waals surface area contributed by atoms with E-state index in [1.54, 1.807) is 0 Å². The molecule has 1 heterocycles. The Hall–Kier alpha value is -2.63. The number of aromatic nitrogens is 2. The van der Waals surface area contributed by atoms with Crippen molar-refractivity contribution in [1.82, 2.24) is 15.3 Å². The maximum atomic E-state index is 12.3. The number of amides is 1. The van der Waals surface area contributed by atoms with Crippen LogP contribution >= 0.6 is 0 Å². The molecule has 0 saturated heterocycles. The molecule has 1 aliphatic rings. The molecular weight excluding hydrogens is 282 g/mol. The number of hydrogen-bond acceptors (Lipinski definition) is 3. The van der Waals surface area contributed by atoms with Crippen molar-refractivity contribution in [3.05, 3.63) is 68.0 Å². The SMILES string of the molecule is O=C(NCc1c[nH]c(=O)[nH]c1=O)[C@@H]1CCc2ccccc2C1. The highest BCUT2D eigenvalue weighted by atomic mass is 16.2. The van der Waals surface area contributed by atoms with E-state index in [4.69, 9.17) is 0 Å². The predicted molar refractivity (Wildman–Crippen MR) is 81.5 cm³/mol. The third-order valence-corrected chi connectivity index (χ3v) is 4.07. The van der Waals surface area contributed by atoms with Gasteiger partial charge in [0.2, 0.25) is 5.91 Å². The Morgan fingerprint density at radius 1 is 1.23 bits per heavy atom. The van der Waals surface area contributed by atoms with Crippen LogP contribution in [0.15, 0.2) is 40.1 Å². The first-order valence-corrected chi connectivity index (χ1v) is 7.29. The van der Waals surface area contributed by atoms with E-state index in [-0.39, 0.29) is 18.4 Å². The van der Waals surface area contributed by atoms with Crippen molar-refractivity contribution in [2.75, 3.05) is 0 Å². The molecule has 1 aromatic carbocycles. The quantitative estimate of drug-likeness (QED) is 0.769. The average molecular weight is 299 g/mol. The lowest BCUT2D eigenvalue weighted by Crippen LogP contribution is -2.36. The first kappa shape index (κ1) is 14.3. The van der Waals surface area contributed by atoms with E-state index in [9.17, 15) is 14.4 Å². The van der Waals surface area contributed by atoms with Gasteiger partial charge in [-0.2, -0.15) is 0 Å². The minimum absolute atomic E-state index is 0.0555. The zero-order valence-corrected chi connectivity index (χ0v) is 12.0. The molecule has 3 N–H and O–H groups in total. The molecule has 22 heavy (non-hydrogen) atoms. The fourth-order valence-electron chi connectivity index (χ4n) is 2.82. The van der Waals surface area contributed by atoms with Crippen LogP contribution in [-0.4, -0.2) is 15.9 Å². The molecule has 0 radical (unpaired) electrons. The first-order valence-electron chi connectivity index (χ1n) is 7.29. The third-order valence-electron chi connectivity index (χ3n) is 4.07. The van der Waals surface area contributed by atoms with Crippen molar-refractivity contribution >= 4 is 5.91 Å². The number of benzene rings is 1. The monoisotopic (exact) mass is 299 g/mol. The van der Waals surface area contributed by atoms with Gasteiger partial charge in [0.1, 0.15) is 0 Å². The van der Waals surface area contributed by atoms with E-state index in [0.29, 0.717) is 5.56 Å². The van der Waals surface area contributed by atoms with Gasteiger partial charge in [-0.3, -0.25) is 14.6 Å². The topological polar surface area (TPSA) is 94.8 Å². The summed E-state index contributed by atoms with van der Waals surface area (Å²) in [5, 5.41) is 2.78. The highest BCUT2D eigenvalue weighted by Crippen LogP contribution is 2.25. The van der Waals surface area contributed by atoms with Crippen LogP contribution in [0.25, 0.3) is 0 Å². The predicted octanol–water partition coefficient (Wildman–Crippen LogP) is 0.484. The molecule has 1 atom stereocenters. The Morgan fingerprint density at radius 3 is 2.77 bits per heavy atom. The summed E-state index contributed by atoms with van der Waals surface area (Å²) in [6.45, 7) is 0.114. The molecule has 0 aliphatic heterocycles. The molecule has 6 heteroatoms. The second kappa shape index (κ2) is 6.01. The summed E-state index contributed by atoms with van der Waals surface area (Å²) < 4.78 is 0. The molecule has 6 nitrogen and oxygen atoms in total. The minimum atomic E-state index is -0.552. The van der Waals surface area contributed by atoms with Crippen LogP contribution in [0.1, 0.15) is 23.1 Å². The number of rotatable bonds is 3. The number of hydrogen-bond donors (Lipinski definition) is 3. The maximum Gasteiger partial charge on any atom is 0.325 e. The lowest BCUT2D eigenvalue weighted by Gasteiger charge is -2.23. The Morgan fingerprint density at radius 2 is 2.00 bits per heavy atom. The number of aryl methyl sites for hydroxylation is 1. The first-order chi connectivity index (χ1) is 10.6. The number of fused-ring (bicyclic) bond motifs is 1. The number of aromatic amines is 2.